The van der Waals surface area contributed by atoms with E-state index in [1.54, 1.807) is 0 Å². The van der Waals surface area contributed by atoms with E-state index in [0.29, 0.717) is 0 Å². The maximum atomic E-state index is 7.56. The van der Waals surface area contributed by atoms with Crippen molar-refractivity contribution in [3.05, 3.63) is 0 Å². The molecule has 11 heteroatoms. The summed E-state index contributed by atoms with van der Waals surface area (Å²) in [5.41, 5.74) is 0. The summed E-state index contributed by atoms with van der Waals surface area (Å²) in [6.45, 7) is -3.81. The molecule has 0 radical (unpaired) electrons. The van der Waals surface area contributed by atoms with Gasteiger partial charge in [-0.2, -0.15) is 0 Å². The predicted molar refractivity (Wildman–Crippen MR) is 40.1 cm³/mol. The van der Waals surface area contributed by atoms with Crippen LogP contribution in [0.1, 0.15) is 1.43 Å². The van der Waals surface area contributed by atoms with Crippen molar-refractivity contribution in [2.75, 3.05) is 0 Å². The Balaban J connectivity index is -0.00000000381. The van der Waals surface area contributed by atoms with E-state index in [-0.39, 0.29) is 58.4 Å². The predicted octanol–water partition coefficient (Wildman–Crippen LogP) is -7.82. The Hall–Kier alpha value is 1.33. The van der Waals surface area contributed by atoms with Gasteiger partial charge in [0.1, 0.15) is 0 Å². The molecule has 0 unspecified atom stereocenters. The number of hydrogen-bond donors (Lipinski definition) is 3. The molecule has 0 aromatic carbocycles. The van der Waals surface area contributed by atoms with Gasteiger partial charge >= 0.3 is 36.3 Å². The molecule has 0 bridgehead atoms. The first-order valence-electron chi connectivity index (χ1n) is 0.783. The van der Waals surface area contributed by atoms with E-state index in [9.17, 15) is 0 Å². The molecule has 0 aromatic rings. The summed E-state index contributed by atoms with van der Waals surface area (Å²) in [5, 5.41) is 0. The smallest absolute Gasteiger partial charge is 1.00 e. The third kappa shape index (κ3) is 558. The summed E-state index contributed by atoms with van der Waals surface area (Å²) in [6.07, 6.45) is 0. The minimum Gasteiger partial charge on any atom is -1.00 e. The molecule has 0 rings (SSSR count). The zero-order valence-electron chi connectivity index (χ0n) is 6.70. The molecule has 8 nitrogen and oxygen atoms in total. The summed E-state index contributed by atoms with van der Waals surface area (Å²) in [5.74, 6) is 0. The Kier molecular flexibility index (Phi) is 114. The zero-order chi connectivity index (χ0) is 4.50. The second kappa shape index (κ2) is 22.5. The van der Waals surface area contributed by atoms with Crippen LogP contribution < -0.4 is 29.6 Å². The fourth-order valence-corrected chi connectivity index (χ4v) is 0. The molecule has 0 fully saturated rings. The first-order chi connectivity index (χ1) is 2.00. The molecule has 11 heavy (non-hydrogen) atoms. The molecule has 0 amide bonds. The minimum atomic E-state index is -3.81. The molecule has 0 saturated carbocycles. The monoisotopic (exact) mass is 228 g/mol. The molecule has 13 N–H and O–H groups in total. The standard InChI is InChI=1S/Na.H3O3PS.5H2O.H/c;1-4(2,3)5;;;;;;/h;(H3,1,2,3,5);5*1H2;/q+1;;;;;;;-1. The molecule has 0 heterocycles. The van der Waals surface area contributed by atoms with Crippen LogP contribution in [0.4, 0.5) is 0 Å². The fourth-order valence-electron chi connectivity index (χ4n) is 0. The molecule has 0 aliphatic heterocycles. The minimum absolute atomic E-state index is 0. The van der Waals surface area contributed by atoms with Gasteiger partial charge in [0.25, 0.3) is 0 Å². The second-order valence-corrected chi connectivity index (χ2v) is 3.01. The van der Waals surface area contributed by atoms with Crippen LogP contribution in [-0.4, -0.2) is 42.1 Å². The van der Waals surface area contributed by atoms with Gasteiger partial charge in [0.15, 0.2) is 0 Å². The van der Waals surface area contributed by atoms with Gasteiger partial charge in [-0.1, -0.05) is 0 Å². The van der Waals surface area contributed by atoms with E-state index in [1.807, 2.05) is 0 Å². The van der Waals surface area contributed by atoms with Crippen molar-refractivity contribution in [3.63, 3.8) is 0 Å². The Bertz CT molecular complexity index is 65.2. The van der Waals surface area contributed by atoms with Gasteiger partial charge < -0.3 is 43.5 Å². The van der Waals surface area contributed by atoms with Crippen molar-refractivity contribution in [2.24, 2.45) is 0 Å². The quantitative estimate of drug-likeness (QED) is 0.271. The molecule has 0 saturated heterocycles. The molecular weight excluding hydrogens is 214 g/mol. The van der Waals surface area contributed by atoms with E-state index in [4.69, 9.17) is 14.7 Å². The summed E-state index contributed by atoms with van der Waals surface area (Å²) >= 11 is 3.60. The van der Waals surface area contributed by atoms with Crippen LogP contribution in [-0.2, 0) is 11.8 Å². The van der Waals surface area contributed by atoms with Gasteiger partial charge in [-0.05, 0) is 11.8 Å². The van der Waals surface area contributed by atoms with Crippen molar-refractivity contribution in [1.29, 1.82) is 0 Å². The average Bonchev–Trinajstić information content (AvgIpc) is 0.722. The summed E-state index contributed by atoms with van der Waals surface area (Å²) in [6, 6.07) is 0. The van der Waals surface area contributed by atoms with Crippen LogP contribution in [0.3, 0.4) is 0 Å². The first-order valence-corrected chi connectivity index (χ1v) is 3.44. The fraction of sp³-hybridized carbons (Fsp3) is 0. The largest absolute Gasteiger partial charge is 1.00 e. The van der Waals surface area contributed by atoms with Crippen molar-refractivity contribution in [1.82, 2.24) is 0 Å². The molecule has 0 aliphatic rings. The van der Waals surface area contributed by atoms with Gasteiger partial charge in [0.2, 0.25) is 0 Å². The Morgan fingerprint density at radius 2 is 0.818 bits per heavy atom. The van der Waals surface area contributed by atoms with Gasteiger partial charge in [0, 0.05) is 0 Å². The Labute approximate surface area is 91.4 Å². The van der Waals surface area contributed by atoms with Crippen LogP contribution in [0.25, 0.3) is 0 Å². The van der Waals surface area contributed by atoms with Crippen LogP contribution in [0.2, 0.25) is 0 Å². The SMILES string of the molecule is O.O.O.O.O.OP(O)(O)=S.[H-].[Na+]. The molecule has 0 aliphatic carbocycles. The Morgan fingerprint density at radius 3 is 0.818 bits per heavy atom. The van der Waals surface area contributed by atoms with Crippen LogP contribution in [0, 0.1) is 0 Å². The molecular formula is H14NaO8PS. The van der Waals surface area contributed by atoms with Crippen LogP contribution >= 0.6 is 6.72 Å². The number of rotatable bonds is 0. The maximum absolute atomic E-state index is 7.56. The van der Waals surface area contributed by atoms with Gasteiger partial charge in [-0.25, -0.2) is 0 Å². The van der Waals surface area contributed by atoms with Gasteiger partial charge in [-0.3, -0.25) is 0 Å². The van der Waals surface area contributed by atoms with Gasteiger partial charge in [0.05, 0.1) is 0 Å². The van der Waals surface area contributed by atoms with E-state index < -0.39 is 6.72 Å². The van der Waals surface area contributed by atoms with Crippen molar-refractivity contribution < 1.29 is 73.0 Å². The normalized spacial score (nSPS) is 5.36. The maximum Gasteiger partial charge on any atom is 1.00 e. The van der Waals surface area contributed by atoms with Gasteiger partial charge in [-0.15, -0.1) is 0 Å². The molecule has 0 aromatic heterocycles. The summed E-state index contributed by atoms with van der Waals surface area (Å²) < 4.78 is 0. The van der Waals surface area contributed by atoms with E-state index in [1.165, 1.54) is 0 Å². The van der Waals surface area contributed by atoms with E-state index in [2.05, 4.69) is 11.8 Å². The van der Waals surface area contributed by atoms with Crippen LogP contribution in [0.15, 0.2) is 0 Å². The third-order valence-corrected chi connectivity index (χ3v) is 0. The van der Waals surface area contributed by atoms with Crippen molar-refractivity contribution in [2.45, 2.75) is 0 Å². The Morgan fingerprint density at radius 1 is 0.818 bits per heavy atom. The molecule has 74 valence electrons. The number of hydrogen-bond acceptors (Lipinski definition) is 1. The topological polar surface area (TPSA) is 218 Å². The third-order valence-electron chi connectivity index (χ3n) is 0. The van der Waals surface area contributed by atoms with E-state index >= 15 is 0 Å². The summed E-state index contributed by atoms with van der Waals surface area (Å²) in [7, 11) is 0. The zero-order valence-corrected chi connectivity index (χ0v) is 9.41. The first kappa shape index (κ1) is 55.7. The van der Waals surface area contributed by atoms with E-state index in [0.717, 1.165) is 0 Å². The molecule has 0 atom stereocenters. The second-order valence-electron chi connectivity index (χ2n) is 0.513. The van der Waals surface area contributed by atoms with Crippen LogP contribution in [0.5, 0.6) is 0 Å². The molecule has 0 spiro atoms. The average molecular weight is 228 g/mol. The summed E-state index contributed by atoms with van der Waals surface area (Å²) in [4.78, 5) is 22.7. The van der Waals surface area contributed by atoms with Crippen molar-refractivity contribution in [3.8, 4) is 0 Å². The van der Waals surface area contributed by atoms with Crippen molar-refractivity contribution >= 4 is 18.5 Å².